The third-order valence-corrected chi connectivity index (χ3v) is 4.08. The number of carbonyl (C=O) groups is 1. The number of amides is 1. The predicted molar refractivity (Wildman–Crippen MR) is 80.5 cm³/mol. The maximum Gasteiger partial charge on any atom is 0.268 e. The molecule has 3 rings (SSSR count). The number of ether oxygens (including phenoxy) is 1. The van der Waals surface area contributed by atoms with E-state index in [0.29, 0.717) is 24.4 Å². The Labute approximate surface area is 128 Å². The number of aromatic nitrogens is 2. The Balaban J connectivity index is 1.78. The van der Waals surface area contributed by atoms with Gasteiger partial charge in [-0.05, 0) is 36.5 Å². The van der Waals surface area contributed by atoms with E-state index in [1.807, 2.05) is 6.07 Å². The highest BCUT2D eigenvalue weighted by atomic mass is 16.5. The summed E-state index contributed by atoms with van der Waals surface area (Å²) in [5, 5.41) is 12.6. The maximum atomic E-state index is 12.3. The number of nitrogens with zero attached hydrogens (tertiary/aromatic N) is 1. The van der Waals surface area contributed by atoms with Gasteiger partial charge >= 0.3 is 0 Å². The molecule has 6 nitrogen and oxygen atoms in total. The topological polar surface area (TPSA) is 87.2 Å². The molecule has 0 radical (unpaired) electrons. The zero-order valence-corrected chi connectivity index (χ0v) is 12.3. The van der Waals surface area contributed by atoms with Crippen molar-refractivity contribution < 1.29 is 14.6 Å². The van der Waals surface area contributed by atoms with E-state index in [1.165, 1.54) is 0 Å². The van der Waals surface area contributed by atoms with Crippen molar-refractivity contribution in [3.8, 4) is 5.88 Å². The van der Waals surface area contributed by atoms with Crippen LogP contribution in [0.3, 0.4) is 0 Å². The number of carbonyl (C=O) groups excluding carboxylic acids is 1. The van der Waals surface area contributed by atoms with Crippen LogP contribution in [0.1, 0.15) is 34.9 Å². The molecule has 1 atom stereocenters. The SMILES string of the molecule is COc1ccc([C@H](NC(=O)c2ccc[nH]2)C2CC(O)C2)cn1. The van der Waals surface area contributed by atoms with Gasteiger partial charge in [-0.15, -0.1) is 0 Å². The van der Waals surface area contributed by atoms with Gasteiger partial charge in [-0.2, -0.15) is 0 Å². The standard InChI is InChI=1S/C16H19N3O3/c1-22-14-5-4-10(9-18-14)15(11-7-12(20)8-11)19-16(21)13-3-2-6-17-13/h2-6,9,11-12,15,17,20H,7-8H2,1H3,(H,19,21)/t11?,12?,15-/m0/s1. The van der Waals surface area contributed by atoms with Crippen molar-refractivity contribution in [1.29, 1.82) is 0 Å². The molecule has 116 valence electrons. The predicted octanol–water partition coefficient (Wildman–Crippen LogP) is 1.66. The summed E-state index contributed by atoms with van der Waals surface area (Å²) in [6.07, 6.45) is 4.51. The molecule has 1 aliphatic rings. The fraction of sp³-hybridized carbons (Fsp3) is 0.375. The Kier molecular flexibility index (Phi) is 4.11. The normalized spacial score (nSPS) is 21.7. The molecule has 0 saturated heterocycles. The van der Waals surface area contributed by atoms with Crippen LogP contribution in [-0.2, 0) is 0 Å². The van der Waals surface area contributed by atoms with Crippen molar-refractivity contribution in [3.05, 3.63) is 47.9 Å². The second-order valence-corrected chi connectivity index (χ2v) is 5.55. The number of aliphatic hydroxyl groups excluding tert-OH is 1. The summed E-state index contributed by atoms with van der Waals surface area (Å²) in [7, 11) is 1.56. The molecule has 1 saturated carbocycles. The lowest BCUT2D eigenvalue weighted by molar-refractivity contribution is 0.0234. The second kappa shape index (κ2) is 6.19. The van der Waals surface area contributed by atoms with E-state index in [-0.39, 0.29) is 24.0 Å². The number of H-pyrrole nitrogens is 1. The summed E-state index contributed by atoms with van der Waals surface area (Å²) in [4.78, 5) is 19.4. The van der Waals surface area contributed by atoms with Crippen molar-refractivity contribution in [2.24, 2.45) is 5.92 Å². The first-order valence-corrected chi connectivity index (χ1v) is 7.29. The molecular weight excluding hydrogens is 282 g/mol. The van der Waals surface area contributed by atoms with Gasteiger partial charge in [-0.1, -0.05) is 6.07 Å². The van der Waals surface area contributed by atoms with Gasteiger partial charge in [0.25, 0.3) is 5.91 Å². The molecule has 1 fully saturated rings. The lowest BCUT2D eigenvalue weighted by atomic mass is 9.75. The van der Waals surface area contributed by atoms with Crippen molar-refractivity contribution in [3.63, 3.8) is 0 Å². The number of aliphatic hydroxyl groups is 1. The van der Waals surface area contributed by atoms with Gasteiger partial charge < -0.3 is 20.1 Å². The van der Waals surface area contributed by atoms with Crippen LogP contribution in [0.4, 0.5) is 0 Å². The molecule has 0 unspecified atom stereocenters. The number of hydrogen-bond donors (Lipinski definition) is 3. The Hall–Kier alpha value is -2.34. The minimum atomic E-state index is -0.277. The maximum absolute atomic E-state index is 12.3. The van der Waals surface area contributed by atoms with Crippen molar-refractivity contribution >= 4 is 5.91 Å². The van der Waals surface area contributed by atoms with Crippen LogP contribution in [0, 0.1) is 5.92 Å². The first kappa shape index (κ1) is 14.6. The zero-order valence-electron chi connectivity index (χ0n) is 12.3. The highest BCUT2D eigenvalue weighted by molar-refractivity contribution is 5.92. The molecule has 0 bridgehead atoms. The van der Waals surface area contributed by atoms with Crippen LogP contribution >= 0.6 is 0 Å². The molecule has 2 heterocycles. The van der Waals surface area contributed by atoms with Gasteiger partial charge in [0.15, 0.2) is 0 Å². The summed E-state index contributed by atoms with van der Waals surface area (Å²) in [5.74, 6) is 0.586. The van der Waals surface area contributed by atoms with Gasteiger partial charge in [-0.25, -0.2) is 4.98 Å². The number of rotatable bonds is 5. The summed E-state index contributed by atoms with van der Waals surface area (Å²) < 4.78 is 5.06. The number of nitrogens with one attached hydrogen (secondary N) is 2. The monoisotopic (exact) mass is 301 g/mol. The molecular formula is C16H19N3O3. The van der Waals surface area contributed by atoms with Crippen molar-refractivity contribution in [2.45, 2.75) is 25.0 Å². The van der Waals surface area contributed by atoms with E-state index in [1.54, 1.807) is 37.7 Å². The van der Waals surface area contributed by atoms with Crippen molar-refractivity contribution in [1.82, 2.24) is 15.3 Å². The van der Waals surface area contributed by atoms with Crippen LogP contribution in [0.25, 0.3) is 0 Å². The average molecular weight is 301 g/mol. The highest BCUT2D eigenvalue weighted by Crippen LogP contribution is 2.38. The van der Waals surface area contributed by atoms with Gasteiger partial charge in [0, 0.05) is 18.5 Å². The van der Waals surface area contributed by atoms with Gasteiger partial charge in [-0.3, -0.25) is 4.79 Å². The van der Waals surface area contributed by atoms with Gasteiger partial charge in [0.05, 0.1) is 19.3 Å². The third kappa shape index (κ3) is 2.96. The van der Waals surface area contributed by atoms with Crippen molar-refractivity contribution in [2.75, 3.05) is 7.11 Å². The summed E-state index contributed by atoms with van der Waals surface area (Å²) >= 11 is 0. The van der Waals surface area contributed by atoms with E-state index in [0.717, 1.165) is 5.56 Å². The minimum Gasteiger partial charge on any atom is -0.481 e. The van der Waals surface area contributed by atoms with Crippen LogP contribution in [0.15, 0.2) is 36.7 Å². The van der Waals surface area contributed by atoms with Gasteiger partial charge in [0.2, 0.25) is 5.88 Å². The number of methoxy groups -OCH3 is 1. The van der Waals surface area contributed by atoms with E-state index >= 15 is 0 Å². The molecule has 1 amide bonds. The van der Waals surface area contributed by atoms with Crippen LogP contribution in [0.5, 0.6) is 5.88 Å². The van der Waals surface area contributed by atoms with Crippen LogP contribution < -0.4 is 10.1 Å². The fourth-order valence-corrected chi connectivity index (χ4v) is 2.76. The lowest BCUT2D eigenvalue weighted by Gasteiger charge is -2.38. The van der Waals surface area contributed by atoms with Gasteiger partial charge in [0.1, 0.15) is 5.69 Å². The average Bonchev–Trinajstić information content (AvgIpc) is 3.04. The minimum absolute atomic E-state index is 0.160. The van der Waals surface area contributed by atoms with Crippen LogP contribution in [-0.4, -0.2) is 34.2 Å². The fourth-order valence-electron chi connectivity index (χ4n) is 2.76. The van der Waals surface area contributed by atoms with E-state index in [4.69, 9.17) is 4.74 Å². The molecule has 1 aliphatic carbocycles. The first-order chi connectivity index (χ1) is 10.7. The second-order valence-electron chi connectivity index (χ2n) is 5.55. The van der Waals surface area contributed by atoms with E-state index in [2.05, 4.69) is 15.3 Å². The van der Waals surface area contributed by atoms with E-state index < -0.39 is 0 Å². The number of aromatic amines is 1. The summed E-state index contributed by atoms with van der Waals surface area (Å²) in [6, 6.07) is 7.02. The molecule has 0 aromatic carbocycles. The lowest BCUT2D eigenvalue weighted by Crippen LogP contribution is -2.41. The van der Waals surface area contributed by atoms with Crippen LogP contribution in [0.2, 0.25) is 0 Å². The van der Waals surface area contributed by atoms with E-state index in [9.17, 15) is 9.90 Å². The molecule has 0 spiro atoms. The smallest absolute Gasteiger partial charge is 0.268 e. The molecule has 22 heavy (non-hydrogen) atoms. The molecule has 6 heteroatoms. The number of hydrogen-bond acceptors (Lipinski definition) is 4. The first-order valence-electron chi connectivity index (χ1n) is 7.29. The number of pyridine rings is 1. The molecule has 3 N–H and O–H groups in total. The Morgan fingerprint density at radius 2 is 2.27 bits per heavy atom. The summed E-state index contributed by atoms with van der Waals surface area (Å²) in [5.41, 5.74) is 1.43. The largest absolute Gasteiger partial charge is 0.481 e. The molecule has 2 aromatic rings. The Bertz CT molecular complexity index is 619. The molecule has 2 aromatic heterocycles. The Morgan fingerprint density at radius 1 is 1.45 bits per heavy atom. The quantitative estimate of drug-likeness (QED) is 0.784. The highest BCUT2D eigenvalue weighted by Gasteiger charge is 2.36. The summed E-state index contributed by atoms with van der Waals surface area (Å²) in [6.45, 7) is 0. The third-order valence-electron chi connectivity index (χ3n) is 4.08. The zero-order chi connectivity index (χ0) is 15.5. The molecule has 0 aliphatic heterocycles. The Morgan fingerprint density at radius 3 is 2.82 bits per heavy atom.